The molecule has 0 bridgehead atoms. The Kier molecular flexibility index (Phi) is 5.74. The van der Waals surface area contributed by atoms with Gasteiger partial charge in [0, 0.05) is 35.9 Å². The fourth-order valence-corrected chi connectivity index (χ4v) is 3.63. The van der Waals surface area contributed by atoms with Gasteiger partial charge in [-0.1, -0.05) is 24.6 Å². The van der Waals surface area contributed by atoms with E-state index in [1.807, 2.05) is 11.8 Å². The number of thioether (sulfide) groups is 1. The van der Waals surface area contributed by atoms with Gasteiger partial charge in [-0.05, 0) is 38.9 Å². The zero-order valence-electron chi connectivity index (χ0n) is 12.3. The van der Waals surface area contributed by atoms with Crippen molar-refractivity contribution in [1.82, 2.24) is 4.90 Å². The Bertz CT molecular complexity index is 373. The van der Waals surface area contributed by atoms with E-state index in [1.165, 1.54) is 23.3 Å². The lowest BCUT2D eigenvalue weighted by Crippen LogP contribution is -2.39. The van der Waals surface area contributed by atoms with E-state index in [-0.39, 0.29) is 0 Å². The van der Waals surface area contributed by atoms with Crippen molar-refractivity contribution in [3.05, 3.63) is 29.8 Å². The van der Waals surface area contributed by atoms with Crippen molar-refractivity contribution in [2.45, 2.75) is 42.9 Å². The van der Waals surface area contributed by atoms with Crippen molar-refractivity contribution < 1.29 is 4.74 Å². The molecule has 2 rings (SSSR count). The van der Waals surface area contributed by atoms with Crippen LogP contribution in [0.25, 0.3) is 0 Å². The topological polar surface area (TPSA) is 12.5 Å². The molecule has 1 atom stereocenters. The van der Waals surface area contributed by atoms with E-state index < -0.39 is 0 Å². The minimum atomic E-state index is 0.621. The minimum Gasteiger partial charge on any atom is -0.381 e. The highest BCUT2D eigenvalue weighted by Crippen LogP contribution is 2.25. The molecule has 1 heterocycles. The highest BCUT2D eigenvalue weighted by molar-refractivity contribution is 8.00. The molecule has 0 amide bonds. The molecule has 0 aromatic heterocycles. The highest BCUT2D eigenvalue weighted by Gasteiger charge is 2.20. The average molecular weight is 279 g/mol. The number of hydrogen-bond acceptors (Lipinski definition) is 3. The molecular weight excluding hydrogens is 254 g/mol. The second-order valence-electron chi connectivity index (χ2n) is 5.52. The standard InChI is InChI=1S/C16H25NOS/c1-13-4-6-16(7-5-13)19-14(2)12-17(3)15-8-10-18-11-9-15/h4-7,14-15H,8-12H2,1-3H3. The zero-order valence-corrected chi connectivity index (χ0v) is 13.1. The Balaban J connectivity index is 1.79. The summed E-state index contributed by atoms with van der Waals surface area (Å²) in [7, 11) is 2.25. The van der Waals surface area contributed by atoms with Crippen LogP contribution in [0.1, 0.15) is 25.3 Å². The van der Waals surface area contributed by atoms with Crippen molar-refractivity contribution in [2.24, 2.45) is 0 Å². The van der Waals surface area contributed by atoms with E-state index in [1.54, 1.807) is 0 Å². The summed E-state index contributed by atoms with van der Waals surface area (Å²) >= 11 is 1.97. The van der Waals surface area contributed by atoms with Crippen molar-refractivity contribution in [3.8, 4) is 0 Å². The fraction of sp³-hybridized carbons (Fsp3) is 0.625. The molecule has 0 aliphatic carbocycles. The van der Waals surface area contributed by atoms with Gasteiger partial charge >= 0.3 is 0 Å². The van der Waals surface area contributed by atoms with Crippen LogP contribution in [0.3, 0.4) is 0 Å². The molecule has 2 nitrogen and oxygen atoms in total. The summed E-state index contributed by atoms with van der Waals surface area (Å²) in [4.78, 5) is 3.88. The molecule has 0 radical (unpaired) electrons. The van der Waals surface area contributed by atoms with Crippen LogP contribution in [0.2, 0.25) is 0 Å². The van der Waals surface area contributed by atoms with Crippen LogP contribution in [0, 0.1) is 6.92 Å². The van der Waals surface area contributed by atoms with Crippen LogP contribution in [0.4, 0.5) is 0 Å². The fourth-order valence-electron chi connectivity index (χ4n) is 2.57. The van der Waals surface area contributed by atoms with Gasteiger partial charge in [0.25, 0.3) is 0 Å². The maximum atomic E-state index is 5.43. The maximum absolute atomic E-state index is 5.43. The molecule has 1 fully saturated rings. The molecule has 3 heteroatoms. The van der Waals surface area contributed by atoms with Crippen LogP contribution in [0.15, 0.2) is 29.2 Å². The van der Waals surface area contributed by atoms with Crippen LogP contribution >= 0.6 is 11.8 Å². The second kappa shape index (κ2) is 7.32. The number of aryl methyl sites for hydroxylation is 1. The monoisotopic (exact) mass is 279 g/mol. The predicted octanol–water partition coefficient (Wildman–Crippen LogP) is 3.59. The van der Waals surface area contributed by atoms with Crippen LogP contribution < -0.4 is 0 Å². The average Bonchev–Trinajstić information content (AvgIpc) is 2.42. The van der Waals surface area contributed by atoms with Gasteiger partial charge < -0.3 is 9.64 Å². The Morgan fingerprint density at radius 2 is 1.89 bits per heavy atom. The van der Waals surface area contributed by atoms with Crippen LogP contribution in [-0.4, -0.2) is 43.0 Å². The Morgan fingerprint density at radius 3 is 2.53 bits per heavy atom. The molecule has 106 valence electrons. The van der Waals surface area contributed by atoms with Gasteiger partial charge in [-0.2, -0.15) is 0 Å². The lowest BCUT2D eigenvalue weighted by Gasteiger charge is -2.32. The molecule has 0 saturated carbocycles. The third kappa shape index (κ3) is 4.83. The Labute approximate surface area is 121 Å². The van der Waals surface area contributed by atoms with Gasteiger partial charge in [0.15, 0.2) is 0 Å². The van der Waals surface area contributed by atoms with E-state index in [0.29, 0.717) is 11.3 Å². The van der Waals surface area contributed by atoms with Crippen LogP contribution in [-0.2, 0) is 4.74 Å². The van der Waals surface area contributed by atoms with E-state index in [9.17, 15) is 0 Å². The first-order valence-corrected chi connectivity index (χ1v) is 8.04. The lowest BCUT2D eigenvalue weighted by atomic mass is 10.1. The number of ether oxygens (including phenoxy) is 1. The molecule has 1 unspecified atom stereocenters. The third-order valence-electron chi connectivity index (χ3n) is 3.72. The van der Waals surface area contributed by atoms with Crippen molar-refractivity contribution in [2.75, 3.05) is 26.8 Å². The Hall–Kier alpha value is -0.510. The molecule has 19 heavy (non-hydrogen) atoms. The largest absolute Gasteiger partial charge is 0.381 e. The molecule has 0 spiro atoms. The first-order valence-electron chi connectivity index (χ1n) is 7.16. The first kappa shape index (κ1) is 14.9. The molecule has 1 aliphatic rings. The summed E-state index contributed by atoms with van der Waals surface area (Å²) < 4.78 is 5.43. The van der Waals surface area contributed by atoms with E-state index in [0.717, 1.165) is 19.8 Å². The number of hydrogen-bond donors (Lipinski definition) is 0. The van der Waals surface area contributed by atoms with Gasteiger partial charge in [-0.3, -0.25) is 0 Å². The summed E-state index contributed by atoms with van der Waals surface area (Å²) in [6.45, 7) is 7.45. The highest BCUT2D eigenvalue weighted by atomic mass is 32.2. The van der Waals surface area contributed by atoms with Crippen LogP contribution in [0.5, 0.6) is 0 Å². The lowest BCUT2D eigenvalue weighted by molar-refractivity contribution is 0.0435. The van der Waals surface area contributed by atoms with Gasteiger partial charge in [-0.15, -0.1) is 11.8 Å². The second-order valence-corrected chi connectivity index (χ2v) is 7.04. The SMILES string of the molecule is Cc1ccc(SC(C)CN(C)C2CCOCC2)cc1. The number of benzene rings is 1. The minimum absolute atomic E-state index is 0.621. The van der Waals surface area contributed by atoms with Crippen molar-refractivity contribution in [3.63, 3.8) is 0 Å². The first-order chi connectivity index (χ1) is 9.15. The predicted molar refractivity (Wildman–Crippen MR) is 83.0 cm³/mol. The quantitative estimate of drug-likeness (QED) is 0.764. The molecule has 0 N–H and O–H groups in total. The zero-order chi connectivity index (χ0) is 13.7. The van der Waals surface area contributed by atoms with Crippen molar-refractivity contribution in [1.29, 1.82) is 0 Å². The van der Waals surface area contributed by atoms with Gasteiger partial charge in [-0.25, -0.2) is 0 Å². The van der Waals surface area contributed by atoms with E-state index in [4.69, 9.17) is 4.74 Å². The maximum Gasteiger partial charge on any atom is 0.0480 e. The van der Waals surface area contributed by atoms with Gasteiger partial charge in [0.2, 0.25) is 0 Å². The Morgan fingerprint density at radius 1 is 1.26 bits per heavy atom. The number of rotatable bonds is 5. The molecule has 1 aliphatic heterocycles. The third-order valence-corrected chi connectivity index (χ3v) is 4.81. The summed E-state index contributed by atoms with van der Waals surface area (Å²) in [5.74, 6) is 0. The molecular formula is C16H25NOS. The summed E-state index contributed by atoms with van der Waals surface area (Å²) in [6, 6.07) is 9.54. The van der Waals surface area contributed by atoms with E-state index in [2.05, 4.69) is 50.1 Å². The number of nitrogens with zero attached hydrogens (tertiary/aromatic N) is 1. The summed E-state index contributed by atoms with van der Waals surface area (Å²) in [5, 5.41) is 0.621. The summed E-state index contributed by atoms with van der Waals surface area (Å²) in [6.07, 6.45) is 2.36. The van der Waals surface area contributed by atoms with Gasteiger partial charge in [0.1, 0.15) is 0 Å². The normalized spacial score (nSPS) is 18.7. The molecule has 1 aromatic rings. The smallest absolute Gasteiger partial charge is 0.0480 e. The van der Waals surface area contributed by atoms with Crippen molar-refractivity contribution >= 4 is 11.8 Å². The van der Waals surface area contributed by atoms with E-state index >= 15 is 0 Å². The molecule has 1 saturated heterocycles. The summed E-state index contributed by atoms with van der Waals surface area (Å²) in [5.41, 5.74) is 1.33. The molecule has 1 aromatic carbocycles. The van der Waals surface area contributed by atoms with Gasteiger partial charge in [0.05, 0.1) is 0 Å².